The van der Waals surface area contributed by atoms with E-state index in [1.807, 2.05) is 0 Å². The number of anilines is 1. The van der Waals surface area contributed by atoms with Crippen LogP contribution in [0.2, 0.25) is 0 Å². The van der Waals surface area contributed by atoms with E-state index in [2.05, 4.69) is 16.2 Å². The van der Waals surface area contributed by atoms with Gasteiger partial charge in [-0.05, 0) is 9.91 Å². The zero-order valence-corrected chi connectivity index (χ0v) is 8.01. The Morgan fingerprint density at radius 2 is 2.44 bits per heavy atom. The number of pyridine rings is 1. The average molecular weight is 221 g/mol. The van der Waals surface area contributed by atoms with Crippen molar-refractivity contribution in [1.82, 2.24) is 4.98 Å². The zero-order valence-electron chi connectivity index (χ0n) is 8.01. The lowest BCUT2D eigenvalue weighted by Crippen LogP contribution is -2.08. The Balaban J connectivity index is 3.15. The number of carboxylic acid groups (broad SMARTS) is 1. The first-order valence-corrected chi connectivity index (χ1v) is 4.11. The second-order valence-corrected chi connectivity index (χ2v) is 2.71. The number of rotatable bonds is 4. The van der Waals surface area contributed by atoms with Crippen molar-refractivity contribution in [2.45, 2.75) is 0 Å². The molecule has 0 atom stereocenters. The van der Waals surface area contributed by atoms with Crippen LogP contribution in [0.25, 0.3) is 0 Å². The van der Waals surface area contributed by atoms with Crippen LogP contribution >= 0.6 is 0 Å². The molecule has 0 spiro atoms. The van der Waals surface area contributed by atoms with Gasteiger partial charge in [0.25, 0.3) is 0 Å². The van der Waals surface area contributed by atoms with E-state index in [0.717, 1.165) is 12.3 Å². The number of hydrogen-bond donors (Lipinski definition) is 2. The van der Waals surface area contributed by atoms with E-state index >= 15 is 0 Å². The fourth-order valence-corrected chi connectivity index (χ4v) is 1.01. The molecular weight excluding hydrogens is 214 g/mol. The first-order valence-electron chi connectivity index (χ1n) is 4.11. The van der Waals surface area contributed by atoms with Crippen molar-refractivity contribution in [3.05, 3.63) is 27.9 Å². The third-order valence-corrected chi connectivity index (χ3v) is 1.69. The van der Waals surface area contributed by atoms with Crippen molar-refractivity contribution in [3.8, 4) is 12.3 Å². The van der Waals surface area contributed by atoms with E-state index in [1.165, 1.54) is 0 Å². The molecule has 0 amide bonds. The predicted molar refractivity (Wildman–Crippen MR) is 55.2 cm³/mol. The molecule has 0 unspecified atom stereocenters. The summed E-state index contributed by atoms with van der Waals surface area (Å²) in [6.45, 7) is 0.111. The Bertz CT molecular complexity index is 478. The van der Waals surface area contributed by atoms with Gasteiger partial charge in [0.15, 0.2) is 6.20 Å². The maximum absolute atomic E-state index is 10.8. The van der Waals surface area contributed by atoms with Gasteiger partial charge in [-0.25, -0.2) is 4.79 Å². The molecule has 0 aliphatic carbocycles. The highest BCUT2D eigenvalue weighted by molar-refractivity contribution is 5.94. The Labute approximate surface area is 90.3 Å². The molecule has 0 fully saturated rings. The molecule has 7 nitrogen and oxygen atoms in total. The minimum Gasteiger partial charge on any atom is -0.478 e. The maximum atomic E-state index is 10.8. The summed E-state index contributed by atoms with van der Waals surface area (Å²) < 4.78 is 0. The maximum Gasteiger partial charge on any atom is 0.364 e. The normalized spacial score (nSPS) is 9.19. The topological polar surface area (TPSA) is 105 Å². The molecule has 0 saturated carbocycles. The second-order valence-electron chi connectivity index (χ2n) is 2.71. The molecule has 0 bridgehead atoms. The summed E-state index contributed by atoms with van der Waals surface area (Å²) in [4.78, 5) is 23.9. The van der Waals surface area contributed by atoms with E-state index in [4.69, 9.17) is 11.5 Å². The molecule has 7 heteroatoms. The van der Waals surface area contributed by atoms with Crippen LogP contribution in [0.1, 0.15) is 10.4 Å². The Morgan fingerprint density at radius 1 is 1.75 bits per heavy atom. The minimum atomic E-state index is -1.29. The minimum absolute atomic E-state index is 0.111. The van der Waals surface area contributed by atoms with Gasteiger partial charge in [-0.3, -0.25) is 0 Å². The van der Waals surface area contributed by atoms with Gasteiger partial charge in [-0.2, -0.15) is 0 Å². The number of nitrogens with zero attached hydrogens (tertiary/aromatic N) is 2. The van der Waals surface area contributed by atoms with Crippen molar-refractivity contribution >= 4 is 17.5 Å². The summed E-state index contributed by atoms with van der Waals surface area (Å²) in [5.41, 5.74) is -0.0898. The summed E-state index contributed by atoms with van der Waals surface area (Å²) in [6, 6.07) is 0.876. The van der Waals surface area contributed by atoms with Crippen LogP contribution in [0.3, 0.4) is 0 Å². The van der Waals surface area contributed by atoms with E-state index in [-0.39, 0.29) is 17.8 Å². The number of carboxylic acids is 1. The molecular formula is C9H7N3O4. The van der Waals surface area contributed by atoms with Crippen LogP contribution in [-0.2, 0) is 0 Å². The molecule has 2 N–H and O–H groups in total. The number of terminal acetylenes is 1. The summed E-state index contributed by atoms with van der Waals surface area (Å²) in [5.74, 6) is 0.443. The fraction of sp³-hybridized carbons (Fsp3) is 0.111. The molecule has 1 heterocycles. The molecule has 0 radical (unpaired) electrons. The van der Waals surface area contributed by atoms with Crippen LogP contribution in [-0.4, -0.2) is 27.5 Å². The highest BCUT2D eigenvalue weighted by atomic mass is 16.6. The van der Waals surface area contributed by atoms with Gasteiger partial charge in [0.2, 0.25) is 0 Å². The predicted octanol–water partition coefficient (Wildman–Crippen LogP) is 0.733. The quantitative estimate of drug-likeness (QED) is 0.441. The molecule has 1 rings (SSSR count). The van der Waals surface area contributed by atoms with Crippen LogP contribution in [0, 0.1) is 22.5 Å². The standard InChI is InChI=1S/C9H7N3O4/c1-2-3-10-7-5-11-8(12(15)16)4-6(7)9(13)14/h1,4-5,10H,3H2,(H,13,14). The highest BCUT2D eigenvalue weighted by Gasteiger charge is 2.17. The van der Waals surface area contributed by atoms with E-state index < -0.39 is 16.7 Å². The number of carbonyl (C=O) groups is 1. The molecule has 1 aromatic heterocycles. The largest absolute Gasteiger partial charge is 0.478 e. The second kappa shape index (κ2) is 4.75. The molecule has 0 aromatic carbocycles. The third-order valence-electron chi connectivity index (χ3n) is 1.69. The summed E-state index contributed by atoms with van der Waals surface area (Å²) in [6.07, 6.45) is 6.06. The Morgan fingerprint density at radius 3 is 2.94 bits per heavy atom. The molecule has 16 heavy (non-hydrogen) atoms. The highest BCUT2D eigenvalue weighted by Crippen LogP contribution is 2.18. The smallest absolute Gasteiger partial charge is 0.364 e. The van der Waals surface area contributed by atoms with Crippen molar-refractivity contribution < 1.29 is 14.8 Å². The third kappa shape index (κ3) is 2.45. The lowest BCUT2D eigenvalue weighted by molar-refractivity contribution is -0.389. The van der Waals surface area contributed by atoms with Crippen molar-refractivity contribution in [2.75, 3.05) is 11.9 Å². The number of nitrogens with one attached hydrogen (secondary N) is 1. The molecule has 0 saturated heterocycles. The van der Waals surface area contributed by atoms with Crippen molar-refractivity contribution in [1.29, 1.82) is 0 Å². The van der Waals surface area contributed by atoms with Gasteiger partial charge in [0.05, 0.1) is 23.9 Å². The van der Waals surface area contributed by atoms with Gasteiger partial charge < -0.3 is 20.5 Å². The Hall–Kier alpha value is -2.62. The average Bonchev–Trinajstić information content (AvgIpc) is 2.25. The molecule has 82 valence electrons. The van der Waals surface area contributed by atoms with Gasteiger partial charge in [-0.1, -0.05) is 5.92 Å². The monoisotopic (exact) mass is 221 g/mol. The number of nitro groups is 1. The van der Waals surface area contributed by atoms with Gasteiger partial charge in [0.1, 0.15) is 0 Å². The first kappa shape index (κ1) is 11.5. The number of aromatic nitrogens is 1. The van der Waals surface area contributed by atoms with Gasteiger partial charge in [0, 0.05) is 0 Å². The number of aromatic carboxylic acids is 1. The van der Waals surface area contributed by atoms with Gasteiger partial charge in [-0.15, -0.1) is 6.42 Å². The van der Waals surface area contributed by atoms with Crippen LogP contribution < -0.4 is 5.32 Å². The van der Waals surface area contributed by atoms with Crippen molar-refractivity contribution in [2.24, 2.45) is 0 Å². The summed E-state index contributed by atoms with van der Waals surface area (Å²) in [7, 11) is 0. The fourth-order valence-electron chi connectivity index (χ4n) is 1.01. The number of hydrogen-bond acceptors (Lipinski definition) is 5. The lowest BCUT2D eigenvalue weighted by Gasteiger charge is -2.04. The SMILES string of the molecule is C#CCNc1cnc([N+](=O)[O-])cc1C(=O)O. The van der Waals surface area contributed by atoms with Crippen LogP contribution in [0.4, 0.5) is 11.5 Å². The van der Waals surface area contributed by atoms with E-state index in [1.54, 1.807) is 0 Å². The van der Waals surface area contributed by atoms with E-state index in [0.29, 0.717) is 0 Å². The first-order chi connectivity index (χ1) is 7.56. The van der Waals surface area contributed by atoms with Crippen LogP contribution in [0.15, 0.2) is 12.3 Å². The summed E-state index contributed by atoms with van der Waals surface area (Å²) >= 11 is 0. The van der Waals surface area contributed by atoms with Gasteiger partial charge >= 0.3 is 11.8 Å². The Kier molecular flexibility index (Phi) is 3.40. The van der Waals surface area contributed by atoms with E-state index in [9.17, 15) is 14.9 Å². The summed E-state index contributed by atoms with van der Waals surface area (Å²) in [5, 5.41) is 21.8. The van der Waals surface area contributed by atoms with Crippen molar-refractivity contribution in [3.63, 3.8) is 0 Å². The molecule has 0 aliphatic rings. The molecule has 1 aromatic rings. The van der Waals surface area contributed by atoms with Crippen LogP contribution in [0.5, 0.6) is 0 Å². The lowest BCUT2D eigenvalue weighted by atomic mass is 10.2. The molecule has 0 aliphatic heterocycles. The zero-order chi connectivity index (χ0) is 12.1.